The summed E-state index contributed by atoms with van der Waals surface area (Å²) in [5.74, 6) is 1.01. The smallest absolute Gasteiger partial charge is 0.242 e. The highest BCUT2D eigenvalue weighted by molar-refractivity contribution is 7.89. The Morgan fingerprint density at radius 2 is 2.09 bits per heavy atom. The van der Waals surface area contributed by atoms with Crippen LogP contribution < -0.4 is 0 Å². The van der Waals surface area contributed by atoms with Crippen molar-refractivity contribution in [1.29, 1.82) is 0 Å². The summed E-state index contributed by atoms with van der Waals surface area (Å²) in [6, 6.07) is 9.48. The number of carbonyl (C=O) groups is 1. The molecule has 1 atom stereocenters. The zero-order valence-electron chi connectivity index (χ0n) is 19.5. The molecule has 178 valence electrons. The van der Waals surface area contributed by atoms with Crippen molar-refractivity contribution < 1.29 is 13.2 Å². The second kappa shape index (κ2) is 9.95. The van der Waals surface area contributed by atoms with Gasteiger partial charge in [-0.1, -0.05) is 19.4 Å². The van der Waals surface area contributed by atoms with Crippen molar-refractivity contribution in [3.63, 3.8) is 0 Å². The third kappa shape index (κ3) is 4.85. The van der Waals surface area contributed by atoms with Crippen LogP contribution in [-0.2, 0) is 27.8 Å². The molecular weight excluding hydrogens is 456 g/mol. The lowest BCUT2D eigenvalue weighted by Gasteiger charge is -2.24. The lowest BCUT2D eigenvalue weighted by atomic mass is 10.1. The number of likely N-dealkylation sites (tertiary alicyclic amines) is 1. The fourth-order valence-corrected chi connectivity index (χ4v) is 6.29. The summed E-state index contributed by atoms with van der Waals surface area (Å²) in [4.78, 5) is 21.4. The molecule has 1 fully saturated rings. The monoisotopic (exact) mass is 488 g/mol. The molecule has 3 heterocycles. The van der Waals surface area contributed by atoms with E-state index in [2.05, 4.69) is 22.9 Å². The number of carbonyl (C=O) groups excluding carboxylic acids is 1. The summed E-state index contributed by atoms with van der Waals surface area (Å²) in [6.45, 7) is 3.75. The van der Waals surface area contributed by atoms with Crippen molar-refractivity contribution in [3.05, 3.63) is 46.4 Å². The number of amides is 1. The second-order valence-corrected chi connectivity index (χ2v) is 11.9. The maximum absolute atomic E-state index is 13.1. The molecule has 1 amide bonds. The van der Waals surface area contributed by atoms with Crippen LogP contribution in [0.1, 0.15) is 55.8 Å². The first-order valence-electron chi connectivity index (χ1n) is 11.6. The number of sulfonamides is 1. The molecule has 2 aromatic heterocycles. The average molecular weight is 489 g/mol. The fraction of sp³-hybridized carbons (Fsp3) is 0.500. The first kappa shape index (κ1) is 23.9. The van der Waals surface area contributed by atoms with Crippen molar-refractivity contribution in [2.45, 2.75) is 62.9 Å². The maximum atomic E-state index is 13.1. The molecule has 1 unspecified atom stereocenters. The Morgan fingerprint density at radius 1 is 1.27 bits per heavy atom. The van der Waals surface area contributed by atoms with Crippen LogP contribution in [0, 0.1) is 0 Å². The standard InChI is InChI=1S/C24H32N4O3S2/c1-4-5-14-27-20-11-10-18(33(30,31)26(2)3)17-19(20)25-23(27)12-13-24(29)28-15-6-8-21(28)22-9-7-16-32-22/h7,9-11,16-17,21H,4-6,8,12-15H2,1-3H3. The van der Waals surface area contributed by atoms with Crippen molar-refractivity contribution in [1.82, 2.24) is 18.8 Å². The number of rotatable bonds is 9. The molecule has 9 heteroatoms. The van der Waals surface area contributed by atoms with Crippen molar-refractivity contribution in [2.75, 3.05) is 20.6 Å². The van der Waals surface area contributed by atoms with Crippen molar-refractivity contribution >= 4 is 38.3 Å². The Hall–Kier alpha value is -2.23. The van der Waals surface area contributed by atoms with Crippen molar-refractivity contribution in [2.24, 2.45) is 0 Å². The van der Waals surface area contributed by atoms with Gasteiger partial charge in [-0.15, -0.1) is 11.3 Å². The van der Waals surface area contributed by atoms with Gasteiger partial charge in [0.25, 0.3) is 0 Å². The first-order chi connectivity index (χ1) is 15.8. The minimum absolute atomic E-state index is 0.163. The Morgan fingerprint density at radius 3 is 2.79 bits per heavy atom. The summed E-state index contributed by atoms with van der Waals surface area (Å²) in [7, 11) is -0.477. The van der Waals surface area contributed by atoms with E-state index in [0.717, 1.165) is 50.1 Å². The number of unbranched alkanes of at least 4 members (excludes halogenated alkanes) is 1. The highest BCUT2D eigenvalue weighted by Crippen LogP contribution is 2.35. The van der Waals surface area contributed by atoms with Gasteiger partial charge in [0, 0.05) is 44.9 Å². The molecule has 3 aromatic rings. The number of nitrogens with zero attached hydrogens (tertiary/aromatic N) is 4. The summed E-state index contributed by atoms with van der Waals surface area (Å²) < 4.78 is 28.5. The van der Waals surface area contributed by atoms with Gasteiger partial charge in [-0.2, -0.15) is 0 Å². The molecule has 0 spiro atoms. The zero-order chi connectivity index (χ0) is 23.6. The maximum Gasteiger partial charge on any atom is 0.242 e. The van der Waals surface area contributed by atoms with Crippen LogP contribution in [0.2, 0.25) is 0 Å². The van der Waals surface area contributed by atoms with Crippen LogP contribution in [0.4, 0.5) is 0 Å². The van der Waals surface area contributed by atoms with E-state index in [1.165, 1.54) is 23.3 Å². The summed E-state index contributed by atoms with van der Waals surface area (Å²) in [5.41, 5.74) is 1.58. The number of imidazole rings is 1. The Bertz CT molecular complexity index is 1220. The molecule has 0 bridgehead atoms. The highest BCUT2D eigenvalue weighted by Gasteiger charge is 2.30. The van der Waals surface area contributed by atoms with E-state index in [-0.39, 0.29) is 16.8 Å². The van der Waals surface area contributed by atoms with Crippen LogP contribution in [0.25, 0.3) is 11.0 Å². The van der Waals surface area contributed by atoms with E-state index < -0.39 is 10.0 Å². The van der Waals surface area contributed by atoms with Crippen LogP contribution in [0.5, 0.6) is 0 Å². The highest BCUT2D eigenvalue weighted by atomic mass is 32.2. The molecular formula is C24H32N4O3S2. The second-order valence-electron chi connectivity index (χ2n) is 8.73. The number of aryl methyl sites for hydroxylation is 2. The Labute approximate surface area is 200 Å². The van der Waals surface area contributed by atoms with E-state index in [1.807, 2.05) is 17.0 Å². The van der Waals surface area contributed by atoms with E-state index in [0.29, 0.717) is 18.4 Å². The molecule has 7 nitrogen and oxygen atoms in total. The van der Waals surface area contributed by atoms with Gasteiger partial charge in [-0.05, 0) is 48.9 Å². The normalized spacial score (nSPS) is 16.8. The fourth-order valence-electron chi connectivity index (χ4n) is 4.49. The molecule has 1 saturated heterocycles. The molecule has 1 aliphatic heterocycles. The van der Waals surface area contributed by atoms with Crippen LogP contribution in [-0.4, -0.2) is 53.7 Å². The van der Waals surface area contributed by atoms with Gasteiger partial charge >= 0.3 is 0 Å². The van der Waals surface area contributed by atoms with Gasteiger partial charge in [0.15, 0.2) is 0 Å². The van der Waals surface area contributed by atoms with E-state index in [4.69, 9.17) is 4.98 Å². The molecule has 33 heavy (non-hydrogen) atoms. The van der Waals surface area contributed by atoms with Crippen LogP contribution in [0.15, 0.2) is 40.6 Å². The predicted molar refractivity (Wildman–Crippen MR) is 132 cm³/mol. The third-order valence-corrected chi connectivity index (χ3v) is 9.10. The van der Waals surface area contributed by atoms with Gasteiger partial charge in [0.1, 0.15) is 5.82 Å². The lowest BCUT2D eigenvalue weighted by molar-refractivity contribution is -0.132. The predicted octanol–water partition coefficient (Wildman–Crippen LogP) is 4.44. The summed E-state index contributed by atoms with van der Waals surface area (Å²) in [5, 5.41) is 2.07. The summed E-state index contributed by atoms with van der Waals surface area (Å²) >= 11 is 1.71. The van der Waals surface area contributed by atoms with Gasteiger partial charge in [-0.3, -0.25) is 4.79 Å². The van der Waals surface area contributed by atoms with Crippen LogP contribution in [0.3, 0.4) is 0 Å². The van der Waals surface area contributed by atoms with Gasteiger partial charge in [0.05, 0.1) is 22.0 Å². The topological polar surface area (TPSA) is 75.5 Å². The Kier molecular flexibility index (Phi) is 7.21. The van der Waals surface area contributed by atoms with Crippen molar-refractivity contribution in [3.8, 4) is 0 Å². The number of thiophene rings is 1. The number of aromatic nitrogens is 2. The van der Waals surface area contributed by atoms with E-state index in [9.17, 15) is 13.2 Å². The molecule has 4 rings (SSSR count). The minimum Gasteiger partial charge on any atom is -0.335 e. The van der Waals surface area contributed by atoms with E-state index >= 15 is 0 Å². The molecule has 0 N–H and O–H groups in total. The third-order valence-electron chi connectivity index (χ3n) is 6.32. The molecule has 1 aromatic carbocycles. The number of hydrogen-bond donors (Lipinski definition) is 0. The molecule has 0 radical (unpaired) electrons. The quantitative estimate of drug-likeness (QED) is 0.446. The SMILES string of the molecule is CCCCn1c(CCC(=O)N2CCCC2c2cccs2)nc2cc(S(=O)(=O)N(C)C)ccc21. The molecule has 0 saturated carbocycles. The zero-order valence-corrected chi connectivity index (χ0v) is 21.2. The minimum atomic E-state index is -3.53. The number of fused-ring (bicyclic) bond motifs is 1. The summed E-state index contributed by atoms with van der Waals surface area (Å²) in [6.07, 6.45) is 5.04. The van der Waals surface area contributed by atoms with Crippen LogP contribution >= 0.6 is 11.3 Å². The molecule has 1 aliphatic rings. The van der Waals surface area contributed by atoms with Gasteiger partial charge in [0.2, 0.25) is 15.9 Å². The lowest BCUT2D eigenvalue weighted by Crippen LogP contribution is -2.30. The van der Waals surface area contributed by atoms with Gasteiger partial charge < -0.3 is 9.47 Å². The number of benzene rings is 1. The first-order valence-corrected chi connectivity index (χ1v) is 13.9. The average Bonchev–Trinajstić information content (AvgIpc) is 3.54. The largest absolute Gasteiger partial charge is 0.335 e. The molecule has 0 aliphatic carbocycles. The van der Waals surface area contributed by atoms with Gasteiger partial charge in [-0.25, -0.2) is 17.7 Å². The number of hydrogen-bond acceptors (Lipinski definition) is 5. The van der Waals surface area contributed by atoms with E-state index in [1.54, 1.807) is 23.5 Å². The Balaban J connectivity index is 1.57.